The van der Waals surface area contributed by atoms with Gasteiger partial charge in [0.1, 0.15) is 6.67 Å². The third-order valence-corrected chi connectivity index (χ3v) is 4.80. The summed E-state index contributed by atoms with van der Waals surface area (Å²) in [5.74, 6) is 2.47. The third-order valence-electron chi connectivity index (χ3n) is 4.80. The molecule has 0 aromatic heterocycles. The number of halogens is 1. The minimum atomic E-state index is -0.492. The standard InChI is InChI=1S/C13H21FN2O/c14-1-2-15-12(17)16-13-6-9-3-10(7-13)5-11(4-9)8-13/h9-11H,1-8H2,(H2,15,16,17). The highest BCUT2D eigenvalue weighted by atomic mass is 19.1. The molecule has 4 bridgehead atoms. The molecule has 4 saturated carbocycles. The van der Waals surface area contributed by atoms with E-state index in [0.29, 0.717) is 0 Å². The van der Waals surface area contributed by atoms with Gasteiger partial charge in [0.05, 0.1) is 0 Å². The number of urea groups is 1. The van der Waals surface area contributed by atoms with Gasteiger partial charge in [-0.05, 0) is 56.3 Å². The molecule has 2 N–H and O–H groups in total. The zero-order chi connectivity index (χ0) is 11.9. The number of alkyl halides is 1. The Hall–Kier alpha value is -0.800. The van der Waals surface area contributed by atoms with Gasteiger partial charge in [0.15, 0.2) is 0 Å². The lowest BCUT2D eigenvalue weighted by atomic mass is 9.53. The topological polar surface area (TPSA) is 41.1 Å². The molecule has 0 spiro atoms. The Morgan fingerprint density at radius 2 is 1.65 bits per heavy atom. The highest BCUT2D eigenvalue weighted by Crippen LogP contribution is 2.55. The molecule has 2 amide bonds. The van der Waals surface area contributed by atoms with Crippen molar-refractivity contribution in [1.82, 2.24) is 10.6 Å². The number of carbonyl (C=O) groups is 1. The highest BCUT2D eigenvalue weighted by Gasteiger charge is 2.51. The number of hydrogen-bond donors (Lipinski definition) is 2. The molecular weight excluding hydrogens is 219 g/mol. The summed E-state index contributed by atoms with van der Waals surface area (Å²) in [5, 5.41) is 5.72. The molecule has 96 valence electrons. The minimum absolute atomic E-state index is 0.0369. The Bertz CT molecular complexity index is 283. The molecule has 0 atom stereocenters. The molecule has 4 fully saturated rings. The van der Waals surface area contributed by atoms with Crippen molar-refractivity contribution >= 4 is 6.03 Å². The summed E-state index contributed by atoms with van der Waals surface area (Å²) in [4.78, 5) is 11.7. The molecule has 0 aromatic rings. The monoisotopic (exact) mass is 240 g/mol. The van der Waals surface area contributed by atoms with E-state index in [4.69, 9.17) is 0 Å². The van der Waals surface area contributed by atoms with Crippen LogP contribution in [0.5, 0.6) is 0 Å². The molecule has 4 aliphatic carbocycles. The summed E-state index contributed by atoms with van der Waals surface area (Å²) < 4.78 is 12.0. The zero-order valence-corrected chi connectivity index (χ0v) is 10.2. The van der Waals surface area contributed by atoms with E-state index in [9.17, 15) is 9.18 Å². The maximum Gasteiger partial charge on any atom is 0.315 e. The fourth-order valence-corrected chi connectivity index (χ4v) is 4.71. The van der Waals surface area contributed by atoms with E-state index in [0.717, 1.165) is 37.0 Å². The first kappa shape index (κ1) is 11.3. The molecule has 0 saturated heterocycles. The summed E-state index contributed by atoms with van der Waals surface area (Å²) >= 11 is 0. The first-order chi connectivity index (χ1) is 8.19. The van der Waals surface area contributed by atoms with Crippen LogP contribution in [0, 0.1) is 17.8 Å². The fourth-order valence-electron chi connectivity index (χ4n) is 4.71. The summed E-state index contributed by atoms with van der Waals surface area (Å²) in [5.41, 5.74) is 0.0369. The SMILES string of the molecule is O=C(NCCF)NC12CC3CC(CC(C3)C1)C2. The van der Waals surface area contributed by atoms with E-state index in [1.165, 1.54) is 19.3 Å². The lowest BCUT2D eigenvalue weighted by Gasteiger charge is -2.56. The van der Waals surface area contributed by atoms with Crippen molar-refractivity contribution in [3.05, 3.63) is 0 Å². The van der Waals surface area contributed by atoms with Crippen LogP contribution in [0.1, 0.15) is 38.5 Å². The third kappa shape index (κ3) is 2.14. The molecule has 4 aliphatic rings. The van der Waals surface area contributed by atoms with E-state index in [2.05, 4.69) is 10.6 Å². The number of nitrogens with one attached hydrogen (secondary N) is 2. The summed E-state index contributed by atoms with van der Waals surface area (Å²) in [6.45, 7) is -0.369. The van der Waals surface area contributed by atoms with E-state index >= 15 is 0 Å². The first-order valence-electron chi connectivity index (χ1n) is 6.81. The Morgan fingerprint density at radius 1 is 1.12 bits per heavy atom. The maximum absolute atomic E-state index is 12.0. The summed E-state index contributed by atoms with van der Waals surface area (Å²) in [7, 11) is 0. The molecule has 4 rings (SSSR count). The van der Waals surface area contributed by atoms with Gasteiger partial charge in [0, 0.05) is 12.1 Å². The van der Waals surface area contributed by atoms with Gasteiger partial charge in [0.25, 0.3) is 0 Å². The predicted octanol–water partition coefficient (Wildman–Crippen LogP) is 2.22. The number of carbonyl (C=O) groups excluding carboxylic acids is 1. The van der Waals surface area contributed by atoms with Gasteiger partial charge in [0.2, 0.25) is 0 Å². The van der Waals surface area contributed by atoms with Crippen LogP contribution in [0.4, 0.5) is 9.18 Å². The van der Waals surface area contributed by atoms with Crippen LogP contribution in [0.2, 0.25) is 0 Å². The smallest absolute Gasteiger partial charge is 0.315 e. The van der Waals surface area contributed by atoms with Crippen molar-refractivity contribution in [2.75, 3.05) is 13.2 Å². The van der Waals surface area contributed by atoms with Crippen LogP contribution in [0.3, 0.4) is 0 Å². The normalized spacial score (nSPS) is 42.5. The highest BCUT2D eigenvalue weighted by molar-refractivity contribution is 5.74. The van der Waals surface area contributed by atoms with E-state index in [-0.39, 0.29) is 18.1 Å². The molecular formula is C13H21FN2O. The fraction of sp³-hybridized carbons (Fsp3) is 0.923. The minimum Gasteiger partial charge on any atom is -0.336 e. The van der Waals surface area contributed by atoms with Crippen LogP contribution >= 0.6 is 0 Å². The Kier molecular flexibility index (Phi) is 2.75. The zero-order valence-electron chi connectivity index (χ0n) is 10.2. The van der Waals surface area contributed by atoms with Gasteiger partial charge in [-0.15, -0.1) is 0 Å². The van der Waals surface area contributed by atoms with E-state index < -0.39 is 6.67 Å². The Labute approximate surface area is 102 Å². The predicted molar refractivity (Wildman–Crippen MR) is 63.4 cm³/mol. The maximum atomic E-state index is 12.0. The van der Waals surface area contributed by atoms with Crippen LogP contribution < -0.4 is 10.6 Å². The number of amides is 2. The second-order valence-electron chi connectivity index (χ2n) is 6.27. The van der Waals surface area contributed by atoms with Crippen molar-refractivity contribution in [2.45, 2.75) is 44.1 Å². The molecule has 4 heteroatoms. The van der Waals surface area contributed by atoms with Crippen LogP contribution in [0.15, 0.2) is 0 Å². The number of rotatable bonds is 3. The molecule has 0 radical (unpaired) electrons. The molecule has 0 heterocycles. The molecule has 0 aliphatic heterocycles. The lowest BCUT2D eigenvalue weighted by molar-refractivity contribution is -0.0135. The molecule has 3 nitrogen and oxygen atoms in total. The Balaban J connectivity index is 1.64. The van der Waals surface area contributed by atoms with Crippen LogP contribution in [0.25, 0.3) is 0 Å². The van der Waals surface area contributed by atoms with E-state index in [1.807, 2.05) is 0 Å². The second kappa shape index (κ2) is 4.14. The van der Waals surface area contributed by atoms with Crippen LogP contribution in [-0.4, -0.2) is 24.8 Å². The quantitative estimate of drug-likeness (QED) is 0.780. The largest absolute Gasteiger partial charge is 0.336 e. The molecule has 0 unspecified atom stereocenters. The average molecular weight is 240 g/mol. The molecule has 17 heavy (non-hydrogen) atoms. The van der Waals surface area contributed by atoms with Gasteiger partial charge >= 0.3 is 6.03 Å². The van der Waals surface area contributed by atoms with Gasteiger partial charge in [-0.1, -0.05) is 0 Å². The van der Waals surface area contributed by atoms with Gasteiger partial charge in [-0.25, -0.2) is 9.18 Å². The Morgan fingerprint density at radius 3 is 2.12 bits per heavy atom. The van der Waals surface area contributed by atoms with Crippen molar-refractivity contribution in [2.24, 2.45) is 17.8 Å². The van der Waals surface area contributed by atoms with Gasteiger partial charge in [-0.2, -0.15) is 0 Å². The van der Waals surface area contributed by atoms with Crippen molar-refractivity contribution < 1.29 is 9.18 Å². The molecule has 0 aromatic carbocycles. The lowest BCUT2D eigenvalue weighted by Crippen LogP contribution is -2.61. The van der Waals surface area contributed by atoms with Crippen molar-refractivity contribution in [3.63, 3.8) is 0 Å². The van der Waals surface area contributed by atoms with Crippen molar-refractivity contribution in [1.29, 1.82) is 0 Å². The summed E-state index contributed by atoms with van der Waals surface area (Å²) in [6.07, 6.45) is 7.53. The van der Waals surface area contributed by atoms with Crippen LogP contribution in [-0.2, 0) is 0 Å². The summed E-state index contributed by atoms with van der Waals surface area (Å²) in [6, 6.07) is -0.176. The average Bonchev–Trinajstić information content (AvgIpc) is 2.23. The number of hydrogen-bond acceptors (Lipinski definition) is 1. The second-order valence-corrected chi connectivity index (χ2v) is 6.27. The van der Waals surface area contributed by atoms with Crippen molar-refractivity contribution in [3.8, 4) is 0 Å². The van der Waals surface area contributed by atoms with Gasteiger partial charge in [-0.3, -0.25) is 0 Å². The first-order valence-corrected chi connectivity index (χ1v) is 6.81. The van der Waals surface area contributed by atoms with Gasteiger partial charge < -0.3 is 10.6 Å². The van der Waals surface area contributed by atoms with E-state index in [1.54, 1.807) is 0 Å².